The van der Waals surface area contributed by atoms with Crippen molar-refractivity contribution in [3.8, 4) is 11.5 Å². The predicted octanol–water partition coefficient (Wildman–Crippen LogP) is 4.72. The van der Waals surface area contributed by atoms with Crippen molar-refractivity contribution in [2.24, 2.45) is 0 Å². The molecule has 7 nitrogen and oxygen atoms in total. The standard InChI is InChI=1S/C27H33NO6/c1-5-15-34-21-12-10-19(11-13-21)25(29)23-24(20-8-7-9-22(17-20)32-6-2)28(27(31)26(23)30)14-16-33-18(3)4/h7-13,17-18,24,29H,5-6,14-16H2,1-4H3/b25-23-. The van der Waals surface area contributed by atoms with Crippen LogP contribution < -0.4 is 9.47 Å². The molecule has 1 heterocycles. The third-order valence-corrected chi connectivity index (χ3v) is 5.41. The topological polar surface area (TPSA) is 85.3 Å². The van der Waals surface area contributed by atoms with E-state index in [1.165, 1.54) is 4.90 Å². The van der Waals surface area contributed by atoms with Crippen LogP contribution in [0.5, 0.6) is 11.5 Å². The molecule has 1 unspecified atom stereocenters. The molecular formula is C27H33NO6. The van der Waals surface area contributed by atoms with Crippen LogP contribution in [0, 0.1) is 0 Å². The lowest BCUT2D eigenvalue weighted by Gasteiger charge is -2.26. The summed E-state index contributed by atoms with van der Waals surface area (Å²) in [4.78, 5) is 27.6. The fourth-order valence-corrected chi connectivity index (χ4v) is 3.87. The molecule has 2 aromatic carbocycles. The highest BCUT2D eigenvalue weighted by atomic mass is 16.5. The molecule has 0 bridgehead atoms. The number of ketones is 1. The molecule has 2 aromatic rings. The first-order valence-electron chi connectivity index (χ1n) is 11.7. The Hall–Kier alpha value is -3.32. The predicted molar refractivity (Wildman–Crippen MR) is 130 cm³/mol. The minimum Gasteiger partial charge on any atom is -0.507 e. The molecule has 1 fully saturated rings. The molecule has 0 spiro atoms. The zero-order valence-corrected chi connectivity index (χ0v) is 20.2. The number of amides is 1. The van der Waals surface area contributed by atoms with Gasteiger partial charge in [-0.25, -0.2) is 0 Å². The average molecular weight is 468 g/mol. The molecule has 1 amide bonds. The molecule has 1 N–H and O–H groups in total. The van der Waals surface area contributed by atoms with Gasteiger partial charge in [0.2, 0.25) is 0 Å². The van der Waals surface area contributed by atoms with E-state index in [0.717, 1.165) is 6.42 Å². The third kappa shape index (κ3) is 5.78. The van der Waals surface area contributed by atoms with Crippen LogP contribution in [0.2, 0.25) is 0 Å². The molecule has 7 heteroatoms. The Kier molecular flexibility index (Phi) is 8.71. The van der Waals surface area contributed by atoms with Crippen molar-refractivity contribution in [1.29, 1.82) is 0 Å². The van der Waals surface area contributed by atoms with Crippen LogP contribution in [-0.4, -0.2) is 54.2 Å². The summed E-state index contributed by atoms with van der Waals surface area (Å²) in [5.41, 5.74) is 1.16. The summed E-state index contributed by atoms with van der Waals surface area (Å²) in [7, 11) is 0. The minimum atomic E-state index is -0.757. The first-order chi connectivity index (χ1) is 16.4. The van der Waals surface area contributed by atoms with Crippen molar-refractivity contribution in [3.63, 3.8) is 0 Å². The maximum Gasteiger partial charge on any atom is 0.295 e. The van der Waals surface area contributed by atoms with E-state index in [9.17, 15) is 14.7 Å². The molecule has 1 aliphatic heterocycles. The number of hydrogen-bond acceptors (Lipinski definition) is 6. The molecule has 34 heavy (non-hydrogen) atoms. The number of aliphatic hydroxyl groups excluding tert-OH is 1. The van der Waals surface area contributed by atoms with Gasteiger partial charge in [-0.1, -0.05) is 19.1 Å². The monoisotopic (exact) mass is 467 g/mol. The average Bonchev–Trinajstić information content (AvgIpc) is 3.08. The maximum atomic E-state index is 13.1. The Balaban J connectivity index is 2.04. The second kappa shape index (κ2) is 11.7. The summed E-state index contributed by atoms with van der Waals surface area (Å²) in [6.07, 6.45) is 0.872. The van der Waals surface area contributed by atoms with Gasteiger partial charge in [-0.3, -0.25) is 9.59 Å². The summed E-state index contributed by atoms with van der Waals surface area (Å²) >= 11 is 0. The molecule has 1 aliphatic rings. The quantitative estimate of drug-likeness (QED) is 0.292. The van der Waals surface area contributed by atoms with Gasteiger partial charge in [-0.15, -0.1) is 0 Å². The number of aliphatic hydroxyl groups is 1. The number of carbonyl (C=O) groups excluding carboxylic acids is 2. The zero-order chi connectivity index (χ0) is 24.7. The lowest BCUT2D eigenvalue weighted by atomic mass is 9.95. The number of likely N-dealkylation sites (tertiary alicyclic amines) is 1. The van der Waals surface area contributed by atoms with Crippen molar-refractivity contribution in [1.82, 2.24) is 4.90 Å². The van der Waals surface area contributed by atoms with E-state index in [1.807, 2.05) is 45.9 Å². The van der Waals surface area contributed by atoms with Crippen molar-refractivity contribution >= 4 is 17.4 Å². The van der Waals surface area contributed by atoms with Gasteiger partial charge in [0.05, 0.1) is 37.5 Å². The molecule has 3 rings (SSSR count). The van der Waals surface area contributed by atoms with Gasteiger partial charge in [0, 0.05) is 12.1 Å². The smallest absolute Gasteiger partial charge is 0.295 e. The number of rotatable bonds is 11. The van der Waals surface area contributed by atoms with Crippen LogP contribution in [0.1, 0.15) is 51.3 Å². The molecule has 0 aromatic heterocycles. The Morgan fingerprint density at radius 3 is 2.38 bits per heavy atom. The van der Waals surface area contributed by atoms with Gasteiger partial charge < -0.3 is 24.2 Å². The first kappa shape index (κ1) is 25.3. The largest absolute Gasteiger partial charge is 0.507 e. The molecular weight excluding hydrogens is 434 g/mol. The molecule has 1 atom stereocenters. The molecule has 0 radical (unpaired) electrons. The Morgan fingerprint density at radius 2 is 1.74 bits per heavy atom. The van der Waals surface area contributed by atoms with Crippen molar-refractivity contribution in [3.05, 3.63) is 65.2 Å². The third-order valence-electron chi connectivity index (χ3n) is 5.41. The number of carbonyl (C=O) groups is 2. The molecule has 182 valence electrons. The van der Waals surface area contributed by atoms with E-state index in [-0.39, 0.29) is 30.6 Å². The Bertz CT molecular complexity index is 1030. The van der Waals surface area contributed by atoms with Gasteiger partial charge in [0.25, 0.3) is 11.7 Å². The van der Waals surface area contributed by atoms with E-state index in [4.69, 9.17) is 14.2 Å². The highest BCUT2D eigenvalue weighted by Gasteiger charge is 2.46. The fraction of sp³-hybridized carbons (Fsp3) is 0.407. The summed E-state index contributed by atoms with van der Waals surface area (Å²) in [6, 6.07) is 13.3. The lowest BCUT2D eigenvalue weighted by Crippen LogP contribution is -2.33. The summed E-state index contributed by atoms with van der Waals surface area (Å²) < 4.78 is 16.9. The van der Waals surface area contributed by atoms with Crippen molar-refractivity contribution in [2.75, 3.05) is 26.4 Å². The van der Waals surface area contributed by atoms with Gasteiger partial charge in [-0.2, -0.15) is 0 Å². The summed E-state index contributed by atoms with van der Waals surface area (Å²) in [6.45, 7) is 9.28. The Morgan fingerprint density at radius 1 is 1.00 bits per heavy atom. The van der Waals surface area contributed by atoms with Crippen LogP contribution in [0.25, 0.3) is 5.76 Å². The van der Waals surface area contributed by atoms with Crippen molar-refractivity contribution < 1.29 is 28.9 Å². The van der Waals surface area contributed by atoms with E-state index in [1.54, 1.807) is 30.3 Å². The number of Topliss-reactive ketones (excluding diaryl/α,β-unsaturated/α-hetero) is 1. The highest BCUT2D eigenvalue weighted by Crippen LogP contribution is 2.40. The van der Waals surface area contributed by atoms with Gasteiger partial charge in [0.1, 0.15) is 17.3 Å². The molecule has 0 aliphatic carbocycles. The van der Waals surface area contributed by atoms with Crippen LogP contribution in [0.15, 0.2) is 54.1 Å². The number of hydrogen-bond donors (Lipinski definition) is 1. The van der Waals surface area contributed by atoms with E-state index < -0.39 is 17.7 Å². The Labute approximate surface area is 200 Å². The minimum absolute atomic E-state index is 0.00926. The highest BCUT2D eigenvalue weighted by molar-refractivity contribution is 6.46. The first-order valence-corrected chi connectivity index (χ1v) is 11.7. The van der Waals surface area contributed by atoms with Gasteiger partial charge in [0.15, 0.2) is 0 Å². The second-order valence-corrected chi connectivity index (χ2v) is 8.29. The maximum absolute atomic E-state index is 13.1. The lowest BCUT2D eigenvalue weighted by molar-refractivity contribution is -0.140. The summed E-state index contributed by atoms with van der Waals surface area (Å²) in [5, 5.41) is 11.2. The summed E-state index contributed by atoms with van der Waals surface area (Å²) in [5.74, 6) is -0.310. The van der Waals surface area contributed by atoms with Crippen LogP contribution in [0.4, 0.5) is 0 Å². The SMILES string of the molecule is CCCOc1ccc(/C(O)=C2/C(=O)C(=O)N(CCOC(C)C)C2c2cccc(OCC)c2)cc1. The molecule has 0 saturated carbocycles. The zero-order valence-electron chi connectivity index (χ0n) is 20.2. The van der Waals surface area contributed by atoms with E-state index in [2.05, 4.69) is 0 Å². The number of nitrogens with zero attached hydrogens (tertiary/aromatic N) is 1. The normalized spacial score (nSPS) is 17.4. The fourth-order valence-electron chi connectivity index (χ4n) is 3.87. The van der Waals surface area contributed by atoms with Crippen LogP contribution in [0.3, 0.4) is 0 Å². The molecule has 1 saturated heterocycles. The number of ether oxygens (including phenoxy) is 3. The number of benzene rings is 2. The second-order valence-electron chi connectivity index (χ2n) is 8.29. The van der Waals surface area contributed by atoms with Crippen LogP contribution in [-0.2, 0) is 14.3 Å². The van der Waals surface area contributed by atoms with Gasteiger partial charge in [-0.05, 0) is 69.2 Å². The van der Waals surface area contributed by atoms with Crippen molar-refractivity contribution in [2.45, 2.75) is 46.3 Å². The van der Waals surface area contributed by atoms with E-state index >= 15 is 0 Å². The van der Waals surface area contributed by atoms with Crippen LogP contribution >= 0.6 is 0 Å². The van der Waals surface area contributed by atoms with E-state index in [0.29, 0.717) is 35.8 Å². The van der Waals surface area contributed by atoms with Gasteiger partial charge >= 0.3 is 0 Å².